The van der Waals surface area contributed by atoms with Crippen molar-refractivity contribution in [3.05, 3.63) is 59.7 Å². The van der Waals surface area contributed by atoms with E-state index in [9.17, 15) is 4.79 Å². The van der Waals surface area contributed by atoms with Crippen LogP contribution in [0.3, 0.4) is 0 Å². The molecule has 3 rings (SSSR count). The Morgan fingerprint density at radius 3 is 2.50 bits per heavy atom. The van der Waals surface area contributed by atoms with Gasteiger partial charge in [-0.25, -0.2) is 0 Å². The van der Waals surface area contributed by atoms with Gasteiger partial charge in [-0.05, 0) is 57.5 Å². The predicted octanol–water partition coefficient (Wildman–Crippen LogP) is 4.24. The van der Waals surface area contributed by atoms with E-state index < -0.39 is 0 Å². The molecule has 4 heteroatoms. The maximum Gasteiger partial charge on any atom is 0.227 e. The van der Waals surface area contributed by atoms with Crippen molar-refractivity contribution in [2.75, 3.05) is 25.0 Å². The average Bonchev–Trinajstić information content (AvgIpc) is 2.66. The van der Waals surface area contributed by atoms with Crippen molar-refractivity contribution in [2.24, 2.45) is 5.92 Å². The topological polar surface area (TPSA) is 41.6 Å². The van der Waals surface area contributed by atoms with E-state index in [1.807, 2.05) is 31.2 Å². The number of nitrogens with zero attached hydrogens (tertiary/aromatic N) is 1. The van der Waals surface area contributed by atoms with Crippen LogP contribution in [0.5, 0.6) is 5.75 Å². The lowest BCUT2D eigenvalue weighted by molar-refractivity contribution is -0.121. The Bertz CT molecular complexity index is 719. The van der Waals surface area contributed by atoms with Gasteiger partial charge in [0.1, 0.15) is 5.75 Å². The summed E-state index contributed by atoms with van der Waals surface area (Å²) in [7, 11) is 0. The van der Waals surface area contributed by atoms with E-state index in [-0.39, 0.29) is 11.8 Å². The lowest BCUT2D eigenvalue weighted by Gasteiger charge is -2.31. The van der Waals surface area contributed by atoms with Crippen LogP contribution in [-0.4, -0.2) is 30.5 Å². The fourth-order valence-electron chi connectivity index (χ4n) is 3.39. The van der Waals surface area contributed by atoms with Gasteiger partial charge in [-0.15, -0.1) is 0 Å². The van der Waals surface area contributed by atoms with E-state index in [1.54, 1.807) is 0 Å². The van der Waals surface area contributed by atoms with E-state index in [4.69, 9.17) is 4.74 Å². The Morgan fingerprint density at radius 1 is 1.12 bits per heavy atom. The Morgan fingerprint density at radius 2 is 1.81 bits per heavy atom. The second kappa shape index (κ2) is 8.86. The first-order chi connectivity index (χ1) is 12.7. The average molecular weight is 352 g/mol. The maximum absolute atomic E-state index is 12.6. The largest absolute Gasteiger partial charge is 0.492 e. The van der Waals surface area contributed by atoms with Crippen LogP contribution in [0, 0.1) is 12.8 Å². The van der Waals surface area contributed by atoms with Crippen LogP contribution in [0.25, 0.3) is 0 Å². The molecule has 1 aliphatic heterocycles. The summed E-state index contributed by atoms with van der Waals surface area (Å²) in [6, 6.07) is 16.3. The van der Waals surface area contributed by atoms with Gasteiger partial charge >= 0.3 is 0 Å². The summed E-state index contributed by atoms with van der Waals surface area (Å²) in [6.45, 7) is 7.52. The molecule has 1 N–H and O–H groups in total. The van der Waals surface area contributed by atoms with Gasteiger partial charge in [0.15, 0.2) is 0 Å². The molecule has 0 aliphatic carbocycles. The standard InChI is InChI=1S/C22H28N2O2/c1-3-26-21-7-5-4-6-20(21)23-22(25)19-12-14-24(15-13-19)16-18-10-8-17(2)9-11-18/h4-11,19H,3,12-16H2,1-2H3,(H,23,25). The number of carbonyl (C=O) groups is 1. The second-order valence-electron chi connectivity index (χ2n) is 6.95. The molecule has 0 bridgehead atoms. The molecule has 1 amide bonds. The highest BCUT2D eigenvalue weighted by molar-refractivity contribution is 5.94. The van der Waals surface area contributed by atoms with Gasteiger partial charge in [0, 0.05) is 12.5 Å². The number of ether oxygens (including phenoxy) is 1. The molecule has 0 atom stereocenters. The summed E-state index contributed by atoms with van der Waals surface area (Å²) in [6.07, 6.45) is 1.79. The fraction of sp³-hybridized carbons (Fsp3) is 0.409. The first-order valence-electron chi connectivity index (χ1n) is 9.46. The van der Waals surface area contributed by atoms with Gasteiger partial charge in [0.25, 0.3) is 0 Å². The summed E-state index contributed by atoms with van der Waals surface area (Å²) < 4.78 is 5.59. The molecule has 1 fully saturated rings. The van der Waals surface area contributed by atoms with Crippen LogP contribution in [0.2, 0.25) is 0 Å². The van der Waals surface area contributed by atoms with E-state index in [0.29, 0.717) is 6.61 Å². The van der Waals surface area contributed by atoms with Crippen LogP contribution in [-0.2, 0) is 11.3 Å². The van der Waals surface area contributed by atoms with Crippen LogP contribution >= 0.6 is 0 Å². The zero-order chi connectivity index (χ0) is 18.4. The molecule has 1 aliphatic rings. The number of likely N-dealkylation sites (tertiary alicyclic amines) is 1. The summed E-state index contributed by atoms with van der Waals surface area (Å²) in [5, 5.41) is 3.05. The minimum Gasteiger partial charge on any atom is -0.492 e. The maximum atomic E-state index is 12.6. The van der Waals surface area contributed by atoms with Gasteiger partial charge in [-0.2, -0.15) is 0 Å². The molecule has 138 valence electrons. The number of anilines is 1. The molecule has 1 heterocycles. The Labute approximate surface area is 156 Å². The highest BCUT2D eigenvalue weighted by Gasteiger charge is 2.25. The van der Waals surface area contributed by atoms with Gasteiger partial charge in [0.2, 0.25) is 5.91 Å². The lowest BCUT2D eigenvalue weighted by Crippen LogP contribution is -2.37. The summed E-state index contributed by atoms with van der Waals surface area (Å²) in [5.74, 6) is 0.909. The van der Waals surface area contributed by atoms with Crippen molar-refractivity contribution in [2.45, 2.75) is 33.2 Å². The minimum absolute atomic E-state index is 0.0685. The van der Waals surface area contributed by atoms with Gasteiger partial charge in [-0.1, -0.05) is 42.0 Å². The highest BCUT2D eigenvalue weighted by Crippen LogP contribution is 2.26. The number of rotatable bonds is 6. The van der Waals surface area contributed by atoms with Crippen molar-refractivity contribution in [1.82, 2.24) is 4.90 Å². The molecule has 0 spiro atoms. The number of carbonyl (C=O) groups excluding carboxylic acids is 1. The van der Waals surface area contributed by atoms with E-state index in [2.05, 4.69) is 41.4 Å². The van der Waals surface area contributed by atoms with Crippen molar-refractivity contribution in [3.63, 3.8) is 0 Å². The molecule has 26 heavy (non-hydrogen) atoms. The zero-order valence-electron chi connectivity index (χ0n) is 15.7. The van der Waals surface area contributed by atoms with Crippen molar-refractivity contribution >= 4 is 11.6 Å². The predicted molar refractivity (Wildman–Crippen MR) is 105 cm³/mol. The Kier molecular flexibility index (Phi) is 6.29. The van der Waals surface area contributed by atoms with Crippen molar-refractivity contribution < 1.29 is 9.53 Å². The van der Waals surface area contributed by atoms with Gasteiger partial charge < -0.3 is 10.1 Å². The molecule has 0 aromatic heterocycles. The smallest absolute Gasteiger partial charge is 0.227 e. The second-order valence-corrected chi connectivity index (χ2v) is 6.95. The van der Waals surface area contributed by atoms with Gasteiger partial charge in [0.05, 0.1) is 12.3 Å². The first kappa shape index (κ1) is 18.5. The summed E-state index contributed by atoms with van der Waals surface area (Å²) >= 11 is 0. The number of nitrogens with one attached hydrogen (secondary N) is 1. The minimum atomic E-state index is 0.0685. The SMILES string of the molecule is CCOc1ccccc1NC(=O)C1CCN(Cc2ccc(C)cc2)CC1. The van der Waals surface area contributed by atoms with Crippen molar-refractivity contribution in [1.29, 1.82) is 0 Å². The molecule has 4 nitrogen and oxygen atoms in total. The van der Waals surface area contributed by atoms with Crippen molar-refractivity contribution in [3.8, 4) is 5.75 Å². The zero-order valence-corrected chi connectivity index (χ0v) is 15.7. The normalized spacial score (nSPS) is 15.6. The Balaban J connectivity index is 1.51. The Hall–Kier alpha value is -2.33. The quantitative estimate of drug-likeness (QED) is 0.845. The molecule has 2 aromatic carbocycles. The molecule has 0 saturated carbocycles. The number of hydrogen-bond donors (Lipinski definition) is 1. The van der Waals surface area contributed by atoms with Crippen LogP contribution in [0.4, 0.5) is 5.69 Å². The number of para-hydroxylation sites is 2. The molecular formula is C22H28N2O2. The van der Waals surface area contributed by atoms with Gasteiger partial charge in [-0.3, -0.25) is 9.69 Å². The lowest BCUT2D eigenvalue weighted by atomic mass is 9.95. The highest BCUT2D eigenvalue weighted by atomic mass is 16.5. The monoisotopic (exact) mass is 352 g/mol. The van der Waals surface area contributed by atoms with Crippen LogP contribution in [0.1, 0.15) is 30.9 Å². The fourth-order valence-corrected chi connectivity index (χ4v) is 3.39. The number of benzene rings is 2. The third kappa shape index (κ3) is 4.85. The molecule has 2 aromatic rings. The molecule has 1 saturated heterocycles. The number of amides is 1. The van der Waals surface area contributed by atoms with E-state index >= 15 is 0 Å². The number of hydrogen-bond acceptors (Lipinski definition) is 3. The number of piperidine rings is 1. The van der Waals surface area contributed by atoms with E-state index in [0.717, 1.165) is 43.9 Å². The van der Waals surface area contributed by atoms with Crippen LogP contribution < -0.4 is 10.1 Å². The number of aryl methyl sites for hydroxylation is 1. The molecule has 0 unspecified atom stereocenters. The first-order valence-corrected chi connectivity index (χ1v) is 9.46. The van der Waals surface area contributed by atoms with E-state index in [1.165, 1.54) is 11.1 Å². The summed E-state index contributed by atoms with van der Waals surface area (Å²) in [5.41, 5.74) is 3.39. The third-order valence-corrected chi connectivity index (χ3v) is 4.93. The third-order valence-electron chi connectivity index (χ3n) is 4.93. The van der Waals surface area contributed by atoms with Crippen LogP contribution in [0.15, 0.2) is 48.5 Å². The molecular weight excluding hydrogens is 324 g/mol. The summed E-state index contributed by atoms with van der Waals surface area (Å²) in [4.78, 5) is 15.1. The molecule has 0 radical (unpaired) electrons.